The molecule has 94 valence electrons. The average Bonchev–Trinajstić information content (AvgIpc) is 2.57. The Morgan fingerprint density at radius 2 is 2.06 bits per heavy atom. The van der Waals surface area contributed by atoms with Gasteiger partial charge in [-0.15, -0.1) is 0 Å². The number of thioether (sulfide) groups is 1. The molecule has 1 atom stereocenters. The van der Waals surface area contributed by atoms with Crippen LogP contribution in [0.3, 0.4) is 0 Å². The molecule has 5 heteroatoms. The normalized spacial score (nSPS) is 18.9. The summed E-state index contributed by atoms with van der Waals surface area (Å²) in [5, 5.41) is 1.21. The fourth-order valence-corrected chi connectivity index (χ4v) is 2.75. The third-order valence-corrected chi connectivity index (χ3v) is 3.80. The molecule has 1 fully saturated rings. The van der Waals surface area contributed by atoms with Crippen LogP contribution in [0.25, 0.3) is 0 Å². The molecule has 0 radical (unpaired) electrons. The lowest BCUT2D eigenvalue weighted by Gasteiger charge is -2.07. The zero-order valence-corrected chi connectivity index (χ0v) is 11.0. The number of Topliss-reactive ketones (excluding diaryl/α,β-unsaturated/α-hetero) is 1. The molecule has 2 amide bonds. The molecule has 1 aromatic rings. The largest absolute Gasteiger partial charge is 0.294 e. The van der Waals surface area contributed by atoms with Crippen molar-refractivity contribution in [1.29, 1.82) is 0 Å². The van der Waals surface area contributed by atoms with Crippen molar-refractivity contribution in [1.82, 2.24) is 5.32 Å². The number of carbonyl (C=O) groups is 3. The molecule has 1 saturated heterocycles. The van der Waals surface area contributed by atoms with Crippen molar-refractivity contribution in [3.63, 3.8) is 0 Å². The van der Waals surface area contributed by atoms with Crippen molar-refractivity contribution >= 4 is 28.7 Å². The first-order valence-corrected chi connectivity index (χ1v) is 6.47. The smallest absolute Gasteiger partial charge is 0.286 e. The van der Waals surface area contributed by atoms with Crippen molar-refractivity contribution in [2.45, 2.75) is 25.5 Å². The van der Waals surface area contributed by atoms with Crippen molar-refractivity contribution in [3.8, 4) is 0 Å². The van der Waals surface area contributed by atoms with E-state index in [0.717, 1.165) is 22.9 Å². The van der Waals surface area contributed by atoms with E-state index < -0.39 is 5.25 Å². The summed E-state index contributed by atoms with van der Waals surface area (Å²) in [7, 11) is 0. The van der Waals surface area contributed by atoms with Crippen LogP contribution < -0.4 is 5.32 Å². The van der Waals surface area contributed by atoms with Crippen molar-refractivity contribution in [2.75, 3.05) is 0 Å². The Balaban J connectivity index is 2.13. The van der Waals surface area contributed by atoms with E-state index in [0.29, 0.717) is 5.56 Å². The molecule has 0 saturated carbocycles. The molecule has 2 rings (SSSR count). The number of rotatable bonds is 3. The molecular formula is C13H13NO3S. The summed E-state index contributed by atoms with van der Waals surface area (Å²) in [5.41, 5.74) is 2.61. The SMILES string of the molecule is Cc1ccc(C(=O)CC2SC(=O)NC2=O)c(C)c1. The van der Waals surface area contributed by atoms with Gasteiger partial charge in [-0.25, -0.2) is 0 Å². The van der Waals surface area contributed by atoms with E-state index in [1.165, 1.54) is 0 Å². The minimum Gasteiger partial charge on any atom is -0.294 e. The number of benzene rings is 1. The van der Waals surface area contributed by atoms with Crippen LogP contribution in [-0.2, 0) is 4.79 Å². The van der Waals surface area contributed by atoms with E-state index in [-0.39, 0.29) is 23.4 Å². The Bertz CT molecular complexity index is 539. The van der Waals surface area contributed by atoms with Crippen LogP contribution in [-0.4, -0.2) is 22.2 Å². The highest BCUT2D eigenvalue weighted by molar-refractivity contribution is 8.15. The number of amides is 2. The number of aryl methyl sites for hydroxylation is 2. The van der Waals surface area contributed by atoms with Gasteiger partial charge >= 0.3 is 0 Å². The maximum Gasteiger partial charge on any atom is 0.286 e. The summed E-state index contributed by atoms with van der Waals surface area (Å²) in [5.74, 6) is -0.474. The van der Waals surface area contributed by atoms with E-state index in [1.54, 1.807) is 6.07 Å². The quantitative estimate of drug-likeness (QED) is 0.849. The van der Waals surface area contributed by atoms with Crippen molar-refractivity contribution < 1.29 is 14.4 Å². The second kappa shape index (κ2) is 4.94. The van der Waals surface area contributed by atoms with Crippen LogP contribution in [0, 0.1) is 13.8 Å². The predicted molar refractivity (Wildman–Crippen MR) is 69.8 cm³/mol. The Labute approximate surface area is 109 Å². The summed E-state index contributed by atoms with van der Waals surface area (Å²) in [6.45, 7) is 3.83. The third kappa shape index (κ3) is 2.61. The first kappa shape index (κ1) is 12.8. The zero-order valence-electron chi connectivity index (χ0n) is 10.1. The highest BCUT2D eigenvalue weighted by Gasteiger charge is 2.33. The Morgan fingerprint density at radius 1 is 1.33 bits per heavy atom. The average molecular weight is 263 g/mol. The number of nitrogens with one attached hydrogen (secondary N) is 1. The van der Waals surface area contributed by atoms with Gasteiger partial charge in [-0.2, -0.15) is 0 Å². The van der Waals surface area contributed by atoms with Gasteiger partial charge in [0.15, 0.2) is 5.78 Å². The van der Waals surface area contributed by atoms with Gasteiger partial charge in [0.2, 0.25) is 5.91 Å². The molecule has 0 aliphatic carbocycles. The number of hydrogen-bond acceptors (Lipinski definition) is 4. The van der Waals surface area contributed by atoms with Gasteiger partial charge in [0.05, 0.1) is 0 Å². The third-order valence-electron chi connectivity index (χ3n) is 2.82. The minimum absolute atomic E-state index is 0.0616. The topological polar surface area (TPSA) is 63.2 Å². The van der Waals surface area contributed by atoms with Crippen LogP contribution in [0.5, 0.6) is 0 Å². The van der Waals surface area contributed by atoms with Gasteiger partial charge in [0.25, 0.3) is 5.24 Å². The highest BCUT2D eigenvalue weighted by Crippen LogP contribution is 2.24. The molecule has 1 unspecified atom stereocenters. The lowest BCUT2D eigenvalue weighted by Crippen LogP contribution is -2.26. The van der Waals surface area contributed by atoms with E-state index in [9.17, 15) is 14.4 Å². The highest BCUT2D eigenvalue weighted by atomic mass is 32.2. The van der Waals surface area contributed by atoms with Crippen LogP contribution in [0.4, 0.5) is 4.79 Å². The molecule has 1 aliphatic heterocycles. The Morgan fingerprint density at radius 3 is 2.61 bits per heavy atom. The Kier molecular flexibility index (Phi) is 3.52. The van der Waals surface area contributed by atoms with Crippen molar-refractivity contribution in [2.24, 2.45) is 0 Å². The maximum atomic E-state index is 12.1. The van der Waals surface area contributed by atoms with Gasteiger partial charge < -0.3 is 0 Å². The molecule has 0 bridgehead atoms. The van der Waals surface area contributed by atoms with Gasteiger partial charge in [-0.3, -0.25) is 19.7 Å². The molecule has 1 heterocycles. The second-order valence-corrected chi connectivity index (χ2v) is 5.50. The van der Waals surface area contributed by atoms with Crippen LogP contribution in [0.15, 0.2) is 18.2 Å². The number of hydrogen-bond donors (Lipinski definition) is 1. The molecule has 0 spiro atoms. The lowest BCUT2D eigenvalue weighted by molar-refractivity contribution is -0.118. The second-order valence-electron chi connectivity index (χ2n) is 4.33. The van der Waals surface area contributed by atoms with E-state index in [1.807, 2.05) is 26.0 Å². The van der Waals surface area contributed by atoms with Gasteiger partial charge in [-0.1, -0.05) is 35.5 Å². The molecule has 0 aromatic heterocycles. The summed E-state index contributed by atoms with van der Waals surface area (Å²) in [6, 6.07) is 5.57. The number of ketones is 1. The van der Waals surface area contributed by atoms with Gasteiger partial charge in [-0.05, 0) is 19.4 Å². The molecule has 1 aliphatic rings. The fourth-order valence-electron chi connectivity index (χ4n) is 1.93. The number of carbonyl (C=O) groups excluding carboxylic acids is 3. The lowest BCUT2D eigenvalue weighted by atomic mass is 9.99. The number of imide groups is 1. The zero-order chi connectivity index (χ0) is 13.3. The first-order chi connectivity index (χ1) is 8.47. The molecule has 18 heavy (non-hydrogen) atoms. The summed E-state index contributed by atoms with van der Waals surface area (Å²) in [6.07, 6.45) is 0.0616. The van der Waals surface area contributed by atoms with Crippen LogP contribution in [0.1, 0.15) is 27.9 Å². The standard InChI is InChI=1S/C13H13NO3S/c1-7-3-4-9(8(2)5-7)10(15)6-11-12(16)14-13(17)18-11/h3-5,11H,6H2,1-2H3,(H,14,16,17). The molecule has 1 aromatic carbocycles. The summed E-state index contributed by atoms with van der Waals surface area (Å²) >= 11 is 0.885. The van der Waals surface area contributed by atoms with Crippen molar-refractivity contribution in [3.05, 3.63) is 34.9 Å². The van der Waals surface area contributed by atoms with Crippen LogP contribution in [0.2, 0.25) is 0 Å². The van der Waals surface area contributed by atoms with Gasteiger partial charge in [0.1, 0.15) is 5.25 Å². The monoisotopic (exact) mass is 263 g/mol. The molecule has 1 N–H and O–H groups in total. The minimum atomic E-state index is -0.592. The molecular weight excluding hydrogens is 250 g/mol. The van der Waals surface area contributed by atoms with Gasteiger partial charge in [0, 0.05) is 12.0 Å². The van der Waals surface area contributed by atoms with Crippen LogP contribution >= 0.6 is 11.8 Å². The first-order valence-electron chi connectivity index (χ1n) is 5.59. The van der Waals surface area contributed by atoms with E-state index >= 15 is 0 Å². The maximum absolute atomic E-state index is 12.1. The predicted octanol–water partition coefficient (Wildman–Crippen LogP) is 2.23. The molecule has 4 nitrogen and oxygen atoms in total. The Hall–Kier alpha value is -1.62. The van der Waals surface area contributed by atoms with E-state index in [2.05, 4.69) is 5.32 Å². The fraction of sp³-hybridized carbons (Fsp3) is 0.308. The van der Waals surface area contributed by atoms with E-state index in [4.69, 9.17) is 0 Å². The summed E-state index contributed by atoms with van der Waals surface area (Å²) < 4.78 is 0. The summed E-state index contributed by atoms with van der Waals surface area (Å²) in [4.78, 5) is 34.5.